The summed E-state index contributed by atoms with van der Waals surface area (Å²) < 4.78 is 4.71. The molecule has 0 atom stereocenters. The first kappa shape index (κ1) is 11.4. The van der Waals surface area contributed by atoms with Crippen molar-refractivity contribution in [2.75, 3.05) is 0 Å². The topological polar surface area (TPSA) is 80.7 Å². The number of carbonyl (C=O) groups excluding carboxylic acids is 2. The van der Waals surface area contributed by atoms with Gasteiger partial charge in [0.2, 0.25) is 0 Å². The van der Waals surface area contributed by atoms with Crippen molar-refractivity contribution in [1.29, 1.82) is 0 Å². The van der Waals surface area contributed by atoms with E-state index >= 15 is 0 Å². The first-order valence-corrected chi connectivity index (χ1v) is 4.85. The van der Waals surface area contributed by atoms with Gasteiger partial charge in [0.25, 0.3) is 0 Å². The molecule has 1 aromatic heterocycles. The van der Waals surface area contributed by atoms with Crippen LogP contribution >= 0.6 is 11.3 Å². The Hall–Kier alpha value is -1.69. The molecule has 1 heterocycles. The molecule has 0 spiro atoms. The Morgan fingerprint density at radius 2 is 1.93 bits per heavy atom. The molecule has 6 heteroatoms. The minimum Gasteiger partial charge on any atom is -0.478 e. The molecule has 0 saturated carbocycles. The van der Waals surface area contributed by atoms with E-state index in [4.69, 9.17) is 9.84 Å². The quantitative estimate of drug-likeness (QED) is 0.627. The molecular weight excluding hydrogens is 220 g/mol. The summed E-state index contributed by atoms with van der Waals surface area (Å²) in [6, 6.07) is 0. The van der Waals surface area contributed by atoms with Crippen molar-refractivity contribution in [3.05, 3.63) is 15.8 Å². The van der Waals surface area contributed by atoms with Gasteiger partial charge in [-0.05, 0) is 0 Å². The lowest BCUT2D eigenvalue weighted by Gasteiger charge is -2.02. The highest BCUT2D eigenvalue weighted by molar-refractivity contribution is 7.12. The summed E-state index contributed by atoms with van der Waals surface area (Å²) in [5.41, 5.74) is -0.166. The number of ether oxygens (including phenoxy) is 1. The van der Waals surface area contributed by atoms with E-state index in [1.54, 1.807) is 0 Å². The predicted molar refractivity (Wildman–Crippen MR) is 52.6 cm³/mol. The lowest BCUT2D eigenvalue weighted by molar-refractivity contribution is -0.131. The van der Waals surface area contributed by atoms with Gasteiger partial charge in [-0.2, -0.15) is 0 Å². The SMILES string of the molecule is CC(=O)Oc1c(C(=O)O)csc1C(C)=O. The Balaban J connectivity index is 3.26. The number of thiophene rings is 1. The van der Waals surface area contributed by atoms with E-state index in [2.05, 4.69) is 0 Å². The van der Waals surface area contributed by atoms with Gasteiger partial charge in [-0.3, -0.25) is 9.59 Å². The lowest BCUT2D eigenvalue weighted by Crippen LogP contribution is -2.07. The third kappa shape index (κ3) is 2.41. The zero-order valence-electron chi connectivity index (χ0n) is 8.07. The van der Waals surface area contributed by atoms with Crippen LogP contribution in [0.1, 0.15) is 33.9 Å². The van der Waals surface area contributed by atoms with Crippen LogP contribution in [0.4, 0.5) is 0 Å². The van der Waals surface area contributed by atoms with Gasteiger partial charge < -0.3 is 9.84 Å². The molecular formula is C9H8O5S. The molecule has 0 unspecified atom stereocenters. The summed E-state index contributed by atoms with van der Waals surface area (Å²) >= 11 is 0.947. The fourth-order valence-corrected chi connectivity index (χ4v) is 1.85. The summed E-state index contributed by atoms with van der Waals surface area (Å²) in [4.78, 5) is 32.7. The molecule has 1 N–H and O–H groups in total. The van der Waals surface area contributed by atoms with E-state index in [-0.39, 0.29) is 22.0 Å². The highest BCUT2D eigenvalue weighted by atomic mass is 32.1. The summed E-state index contributed by atoms with van der Waals surface area (Å²) in [7, 11) is 0. The van der Waals surface area contributed by atoms with Crippen molar-refractivity contribution in [1.82, 2.24) is 0 Å². The van der Waals surface area contributed by atoms with Gasteiger partial charge >= 0.3 is 11.9 Å². The third-order valence-electron chi connectivity index (χ3n) is 1.54. The van der Waals surface area contributed by atoms with Gasteiger partial charge in [-0.15, -0.1) is 11.3 Å². The lowest BCUT2D eigenvalue weighted by atomic mass is 10.2. The highest BCUT2D eigenvalue weighted by Gasteiger charge is 2.22. The van der Waals surface area contributed by atoms with Gasteiger partial charge in [0.05, 0.1) is 0 Å². The van der Waals surface area contributed by atoms with Crippen LogP contribution in [0, 0.1) is 0 Å². The Morgan fingerprint density at radius 1 is 1.33 bits per heavy atom. The third-order valence-corrected chi connectivity index (χ3v) is 2.60. The van der Waals surface area contributed by atoms with Crippen molar-refractivity contribution < 1.29 is 24.2 Å². The fourth-order valence-electron chi connectivity index (χ4n) is 0.983. The molecule has 0 aliphatic heterocycles. The second kappa shape index (κ2) is 4.22. The molecule has 0 radical (unpaired) electrons. The average Bonchev–Trinajstić information content (AvgIpc) is 2.46. The van der Waals surface area contributed by atoms with Crippen LogP contribution in [-0.4, -0.2) is 22.8 Å². The fraction of sp³-hybridized carbons (Fsp3) is 0.222. The number of carbonyl (C=O) groups is 3. The number of aromatic carboxylic acids is 1. The van der Waals surface area contributed by atoms with Crippen LogP contribution in [0.5, 0.6) is 5.75 Å². The van der Waals surface area contributed by atoms with Crippen LogP contribution in [-0.2, 0) is 4.79 Å². The maximum atomic E-state index is 11.1. The van der Waals surface area contributed by atoms with Gasteiger partial charge in [0, 0.05) is 19.2 Å². The smallest absolute Gasteiger partial charge is 0.340 e. The molecule has 0 saturated heterocycles. The number of esters is 1. The summed E-state index contributed by atoms with van der Waals surface area (Å²) in [5, 5.41) is 10.1. The molecule has 0 aliphatic rings. The maximum Gasteiger partial charge on any atom is 0.340 e. The second-order valence-corrected chi connectivity index (χ2v) is 3.64. The van der Waals surface area contributed by atoms with Gasteiger partial charge in [0.15, 0.2) is 11.5 Å². The number of Topliss-reactive ketones (excluding diaryl/α,β-unsaturated/α-hetero) is 1. The van der Waals surface area contributed by atoms with Crippen molar-refractivity contribution in [2.24, 2.45) is 0 Å². The molecule has 15 heavy (non-hydrogen) atoms. The van der Waals surface area contributed by atoms with Gasteiger partial charge in [0.1, 0.15) is 10.4 Å². The number of rotatable bonds is 3. The minimum absolute atomic E-state index is 0.141. The zero-order valence-corrected chi connectivity index (χ0v) is 8.88. The normalized spacial score (nSPS) is 9.73. The van der Waals surface area contributed by atoms with Crippen LogP contribution < -0.4 is 4.74 Å². The van der Waals surface area contributed by atoms with Crippen molar-refractivity contribution >= 4 is 29.1 Å². The van der Waals surface area contributed by atoms with E-state index in [1.165, 1.54) is 12.3 Å². The summed E-state index contributed by atoms with van der Waals surface area (Å²) in [6.45, 7) is 2.43. The van der Waals surface area contributed by atoms with Crippen LogP contribution in [0.25, 0.3) is 0 Å². The number of hydrogen-bond acceptors (Lipinski definition) is 5. The Morgan fingerprint density at radius 3 is 2.33 bits per heavy atom. The van der Waals surface area contributed by atoms with E-state index in [0.29, 0.717) is 0 Å². The van der Waals surface area contributed by atoms with Crippen molar-refractivity contribution in [3.8, 4) is 5.75 Å². The molecule has 0 bridgehead atoms. The molecule has 0 aliphatic carbocycles. The largest absolute Gasteiger partial charge is 0.478 e. The second-order valence-electron chi connectivity index (χ2n) is 2.76. The van der Waals surface area contributed by atoms with Crippen LogP contribution in [0.15, 0.2) is 5.38 Å². The highest BCUT2D eigenvalue weighted by Crippen LogP contribution is 2.31. The Bertz CT molecular complexity index is 400. The Kier molecular flexibility index (Phi) is 3.21. The molecule has 1 rings (SSSR count). The number of hydrogen-bond donors (Lipinski definition) is 1. The van der Waals surface area contributed by atoms with Crippen molar-refractivity contribution in [3.63, 3.8) is 0 Å². The van der Waals surface area contributed by atoms with E-state index in [0.717, 1.165) is 18.3 Å². The number of ketones is 1. The van der Waals surface area contributed by atoms with Crippen LogP contribution in [0.3, 0.4) is 0 Å². The molecule has 0 fully saturated rings. The molecule has 1 aromatic rings. The van der Waals surface area contributed by atoms with Crippen LogP contribution in [0.2, 0.25) is 0 Å². The maximum absolute atomic E-state index is 11.1. The van der Waals surface area contributed by atoms with Crippen molar-refractivity contribution in [2.45, 2.75) is 13.8 Å². The first-order valence-electron chi connectivity index (χ1n) is 3.97. The predicted octanol–water partition coefficient (Wildman–Crippen LogP) is 1.57. The molecule has 80 valence electrons. The van der Waals surface area contributed by atoms with E-state index in [1.807, 2.05) is 0 Å². The molecule has 0 amide bonds. The summed E-state index contributed by atoms with van der Waals surface area (Å²) in [5.74, 6) is -2.37. The first-order chi connectivity index (χ1) is 6.93. The molecule has 0 aromatic carbocycles. The van der Waals surface area contributed by atoms with Gasteiger partial charge in [-0.25, -0.2) is 4.79 Å². The standard InChI is InChI=1S/C9H8O5S/c1-4(10)8-7(14-5(2)11)6(3-15-8)9(12)13/h3H,1-2H3,(H,12,13). The monoisotopic (exact) mass is 228 g/mol. The summed E-state index contributed by atoms with van der Waals surface area (Å²) in [6.07, 6.45) is 0. The number of carboxylic acids is 1. The average molecular weight is 228 g/mol. The number of carboxylic acid groups (broad SMARTS) is 1. The van der Waals surface area contributed by atoms with E-state index in [9.17, 15) is 14.4 Å². The van der Waals surface area contributed by atoms with E-state index < -0.39 is 11.9 Å². The Labute approximate surface area is 89.3 Å². The molecule has 5 nitrogen and oxygen atoms in total. The zero-order chi connectivity index (χ0) is 11.6. The minimum atomic E-state index is -1.23. The van der Waals surface area contributed by atoms with Gasteiger partial charge in [-0.1, -0.05) is 0 Å².